The summed E-state index contributed by atoms with van der Waals surface area (Å²) in [4.78, 5) is 12.7. The third kappa shape index (κ3) is 1.26. The Balaban J connectivity index is 2.06. The van der Waals surface area contributed by atoms with E-state index in [0.717, 1.165) is 16.6 Å². The Morgan fingerprint density at radius 2 is 1.91 bits per heavy atom. The Morgan fingerprint density at radius 3 is 2.91 bits per heavy atom. The maximum absolute atomic E-state index is 4.92. The van der Waals surface area contributed by atoms with Gasteiger partial charge in [0.1, 0.15) is 0 Å². The van der Waals surface area contributed by atoms with Gasteiger partial charge in [-0.25, -0.2) is 4.99 Å². The first-order valence-electron chi connectivity index (χ1n) is 7.69. The zero-order chi connectivity index (χ0) is 15.0. The van der Waals surface area contributed by atoms with Crippen LogP contribution in [-0.2, 0) is 0 Å². The summed E-state index contributed by atoms with van der Waals surface area (Å²) < 4.78 is 0. The van der Waals surface area contributed by atoms with Gasteiger partial charge in [0.2, 0.25) is 0 Å². The molecule has 0 unspecified atom stereocenters. The maximum Gasteiger partial charge on any atom is 0.0802 e. The van der Waals surface area contributed by atoms with Crippen molar-refractivity contribution < 1.29 is 0 Å². The van der Waals surface area contributed by atoms with Crippen molar-refractivity contribution in [3.8, 4) is 0 Å². The molecule has 1 aromatic heterocycles. The van der Waals surface area contributed by atoms with Crippen LogP contribution in [0.2, 0.25) is 0 Å². The number of hydrogen-bond acceptors (Lipinski definition) is 2. The molecule has 0 saturated heterocycles. The first-order chi connectivity index (χ1) is 11.4. The molecule has 2 aliphatic rings. The van der Waals surface area contributed by atoms with Crippen LogP contribution in [0.15, 0.2) is 58.6 Å². The average molecular weight is 293 g/mol. The van der Waals surface area contributed by atoms with Crippen LogP contribution in [0.25, 0.3) is 27.9 Å². The first kappa shape index (κ1) is 11.4. The van der Waals surface area contributed by atoms with Gasteiger partial charge in [0.25, 0.3) is 0 Å². The van der Waals surface area contributed by atoms with E-state index in [1.54, 1.807) is 0 Å². The average Bonchev–Trinajstić information content (AvgIpc) is 3.30. The molecular formula is C20H11N3. The predicted molar refractivity (Wildman–Crippen MR) is 92.4 cm³/mol. The van der Waals surface area contributed by atoms with Gasteiger partial charge in [-0.2, -0.15) is 0 Å². The topological polar surface area (TPSA) is 40.5 Å². The fraction of sp³-hybridized carbons (Fsp3) is 0. The van der Waals surface area contributed by atoms with Gasteiger partial charge in [0.15, 0.2) is 0 Å². The summed E-state index contributed by atoms with van der Waals surface area (Å²) in [5, 5.41) is 8.27. The SMILES string of the molecule is C1=NC=c2c1c1c(ccc3cc[nH]c31)c1c2=c2ccccc2=N1. The molecule has 3 heteroatoms. The number of aliphatic imine (C=N–C) groups is 1. The smallest absolute Gasteiger partial charge is 0.0802 e. The van der Waals surface area contributed by atoms with Crippen LogP contribution < -0.4 is 10.6 Å². The van der Waals surface area contributed by atoms with Crippen molar-refractivity contribution in [2.45, 2.75) is 0 Å². The van der Waals surface area contributed by atoms with Gasteiger partial charge in [-0.1, -0.05) is 30.3 Å². The molecule has 0 aliphatic carbocycles. The lowest BCUT2D eigenvalue weighted by molar-refractivity contribution is 1.38. The van der Waals surface area contributed by atoms with Crippen LogP contribution in [0, 0.1) is 10.4 Å². The van der Waals surface area contributed by atoms with Gasteiger partial charge in [-0.05, 0) is 12.1 Å². The van der Waals surface area contributed by atoms with Crippen molar-refractivity contribution in [2.24, 2.45) is 9.98 Å². The molecule has 0 amide bonds. The maximum atomic E-state index is 4.92. The number of fused-ring (bicyclic) bond motifs is 9. The molecule has 6 rings (SSSR count). The molecule has 3 heterocycles. The van der Waals surface area contributed by atoms with Crippen LogP contribution in [0.1, 0.15) is 5.56 Å². The van der Waals surface area contributed by atoms with Crippen LogP contribution in [-0.4, -0.2) is 11.2 Å². The van der Waals surface area contributed by atoms with Crippen molar-refractivity contribution >= 4 is 39.8 Å². The number of rotatable bonds is 0. The minimum atomic E-state index is 1.05. The number of aromatic nitrogens is 1. The Hall–Kier alpha value is -3.20. The van der Waals surface area contributed by atoms with E-state index in [9.17, 15) is 0 Å². The number of H-pyrrole nitrogens is 1. The van der Waals surface area contributed by atoms with Gasteiger partial charge in [0, 0.05) is 56.0 Å². The second-order valence-electron chi connectivity index (χ2n) is 6.02. The lowest BCUT2D eigenvalue weighted by Gasteiger charge is -2.07. The number of benzene rings is 3. The van der Waals surface area contributed by atoms with Crippen molar-refractivity contribution in [3.63, 3.8) is 0 Å². The van der Waals surface area contributed by atoms with Crippen molar-refractivity contribution in [1.29, 1.82) is 0 Å². The molecule has 0 atom stereocenters. The summed E-state index contributed by atoms with van der Waals surface area (Å²) in [6.07, 6.45) is 5.93. The summed E-state index contributed by atoms with van der Waals surface area (Å²) in [6.45, 7) is 0. The molecule has 0 bridgehead atoms. The molecule has 0 radical (unpaired) electrons. The van der Waals surface area contributed by atoms with E-state index in [0.29, 0.717) is 0 Å². The van der Waals surface area contributed by atoms with Crippen molar-refractivity contribution in [1.82, 2.24) is 4.98 Å². The zero-order valence-electron chi connectivity index (χ0n) is 12.2. The molecule has 23 heavy (non-hydrogen) atoms. The molecule has 3 nitrogen and oxygen atoms in total. The van der Waals surface area contributed by atoms with Gasteiger partial charge in [0.05, 0.1) is 16.6 Å². The second-order valence-corrected chi connectivity index (χ2v) is 6.02. The zero-order valence-corrected chi connectivity index (χ0v) is 12.2. The summed E-state index contributed by atoms with van der Waals surface area (Å²) in [5.74, 6) is 0. The Bertz CT molecular complexity index is 1410. The number of hydrogen-bond donors (Lipinski definition) is 1. The monoisotopic (exact) mass is 293 g/mol. The molecule has 4 aromatic rings. The molecule has 0 fully saturated rings. The van der Waals surface area contributed by atoms with E-state index < -0.39 is 0 Å². The van der Waals surface area contributed by atoms with Crippen LogP contribution in [0.4, 0.5) is 5.69 Å². The van der Waals surface area contributed by atoms with E-state index in [-0.39, 0.29) is 0 Å². The Morgan fingerprint density at radius 1 is 0.957 bits per heavy atom. The lowest BCUT2D eigenvalue weighted by Crippen LogP contribution is -2.09. The van der Waals surface area contributed by atoms with Crippen LogP contribution >= 0.6 is 0 Å². The fourth-order valence-electron chi connectivity index (χ4n) is 3.88. The third-order valence-corrected chi connectivity index (χ3v) is 4.86. The highest BCUT2D eigenvalue weighted by molar-refractivity contribution is 6.17. The summed E-state index contributed by atoms with van der Waals surface area (Å²) in [5.41, 5.74) is 3.42. The predicted octanol–water partition coefficient (Wildman–Crippen LogP) is 3.04. The van der Waals surface area contributed by atoms with Gasteiger partial charge >= 0.3 is 0 Å². The minimum Gasteiger partial charge on any atom is -0.361 e. The number of nitrogens with zero attached hydrogens (tertiary/aromatic N) is 2. The first-order valence-corrected chi connectivity index (χ1v) is 7.69. The molecule has 1 N–H and O–H groups in total. The summed E-state index contributed by atoms with van der Waals surface area (Å²) >= 11 is 0. The minimum absolute atomic E-state index is 1.05. The van der Waals surface area contributed by atoms with Crippen LogP contribution in [0.3, 0.4) is 0 Å². The highest BCUT2D eigenvalue weighted by Gasteiger charge is 2.18. The van der Waals surface area contributed by atoms with Crippen molar-refractivity contribution in [2.75, 3.05) is 0 Å². The van der Waals surface area contributed by atoms with Gasteiger partial charge in [-0.3, -0.25) is 4.99 Å². The Labute approximate surface area is 130 Å². The molecular weight excluding hydrogens is 282 g/mol. The fourth-order valence-corrected chi connectivity index (χ4v) is 3.88. The quantitative estimate of drug-likeness (QED) is 0.456. The summed E-state index contributed by atoms with van der Waals surface area (Å²) in [6, 6.07) is 14.8. The van der Waals surface area contributed by atoms with E-state index in [1.165, 1.54) is 37.4 Å². The van der Waals surface area contributed by atoms with E-state index in [2.05, 4.69) is 46.4 Å². The van der Waals surface area contributed by atoms with Crippen molar-refractivity contribution in [3.05, 3.63) is 75.2 Å². The van der Waals surface area contributed by atoms with E-state index in [4.69, 9.17) is 4.99 Å². The number of para-hydroxylation sites is 1. The van der Waals surface area contributed by atoms with Gasteiger partial charge < -0.3 is 4.98 Å². The Kier molecular flexibility index (Phi) is 1.86. The van der Waals surface area contributed by atoms with E-state index >= 15 is 0 Å². The number of aromatic amines is 1. The number of nitrogens with one attached hydrogen (secondary N) is 1. The highest BCUT2D eigenvalue weighted by Crippen LogP contribution is 2.34. The molecule has 106 valence electrons. The third-order valence-electron chi connectivity index (χ3n) is 4.86. The summed E-state index contributed by atoms with van der Waals surface area (Å²) in [7, 11) is 0. The molecule has 2 aliphatic heterocycles. The van der Waals surface area contributed by atoms with E-state index in [1.807, 2.05) is 24.7 Å². The van der Waals surface area contributed by atoms with Gasteiger partial charge in [-0.15, -0.1) is 0 Å². The normalized spacial score (nSPS) is 13.7. The van der Waals surface area contributed by atoms with Crippen LogP contribution in [0.5, 0.6) is 0 Å². The molecule has 3 aromatic carbocycles. The highest BCUT2D eigenvalue weighted by atomic mass is 14.8. The molecule has 0 saturated carbocycles. The second kappa shape index (κ2) is 3.76. The largest absolute Gasteiger partial charge is 0.361 e. The standard InChI is InChI=1S/C20H11N3/c1-2-4-16-12(3-1)17-14-9-21-10-15(14)18-13(20(17)23-16)6-5-11-7-8-22-19(11)18/h1-10,22H. The lowest BCUT2D eigenvalue weighted by atomic mass is 9.97. The molecule has 0 spiro atoms.